The maximum absolute atomic E-state index is 5.70. The molecule has 0 amide bonds. The minimum absolute atomic E-state index is 0.758. The number of benzene rings is 1. The summed E-state index contributed by atoms with van der Waals surface area (Å²) in [7, 11) is 0. The third-order valence-electron chi connectivity index (χ3n) is 1.29. The van der Waals surface area contributed by atoms with Crippen LogP contribution in [0.1, 0.15) is 0 Å². The fourth-order valence-electron chi connectivity index (χ4n) is 0.758. The molecule has 1 nitrogen and oxygen atoms in total. The monoisotopic (exact) mass is 167 g/mol. The van der Waals surface area contributed by atoms with E-state index >= 15 is 0 Å². The number of nitrogens with one attached hydrogen (secondary N) is 1. The Kier molecular flexibility index (Phi) is 2.99. The van der Waals surface area contributed by atoms with Crippen molar-refractivity contribution < 1.29 is 0 Å². The number of halogens is 1. The minimum Gasteiger partial charge on any atom is -0.382 e. The van der Waals surface area contributed by atoms with Crippen LogP contribution >= 0.6 is 11.6 Å². The average molecular weight is 168 g/mol. The van der Waals surface area contributed by atoms with Gasteiger partial charge in [-0.1, -0.05) is 17.7 Å². The predicted molar refractivity (Wildman–Crippen MR) is 50.1 cm³/mol. The van der Waals surface area contributed by atoms with Gasteiger partial charge in [0.25, 0.3) is 0 Å². The van der Waals surface area contributed by atoms with Crippen molar-refractivity contribution in [3.63, 3.8) is 0 Å². The molecule has 0 heterocycles. The third kappa shape index (κ3) is 2.64. The number of hydrogen-bond donors (Lipinski definition) is 1. The molecular formula is C9H10ClN. The summed E-state index contributed by atoms with van der Waals surface area (Å²) in [5, 5.41) is 3.90. The van der Waals surface area contributed by atoms with E-state index in [-0.39, 0.29) is 0 Å². The van der Waals surface area contributed by atoms with Crippen LogP contribution in [0.25, 0.3) is 0 Å². The Balaban J connectivity index is 2.58. The first-order chi connectivity index (χ1) is 5.33. The van der Waals surface area contributed by atoms with Gasteiger partial charge in [-0.2, -0.15) is 0 Å². The zero-order valence-electron chi connectivity index (χ0n) is 6.18. The molecule has 58 valence electrons. The Morgan fingerprint density at radius 3 is 2.55 bits per heavy atom. The molecule has 0 fully saturated rings. The van der Waals surface area contributed by atoms with E-state index in [4.69, 9.17) is 11.6 Å². The van der Waals surface area contributed by atoms with Crippen LogP contribution in [0, 0.1) is 0 Å². The van der Waals surface area contributed by atoms with E-state index in [1.807, 2.05) is 30.3 Å². The summed E-state index contributed by atoms with van der Waals surface area (Å²) < 4.78 is 0. The maximum atomic E-state index is 5.70. The van der Waals surface area contributed by atoms with Gasteiger partial charge in [-0.05, 0) is 24.3 Å². The van der Waals surface area contributed by atoms with Crippen molar-refractivity contribution in [3.8, 4) is 0 Å². The Morgan fingerprint density at radius 2 is 2.00 bits per heavy atom. The summed E-state index contributed by atoms with van der Waals surface area (Å²) in [5.41, 5.74) is 1.06. The largest absolute Gasteiger partial charge is 0.382 e. The molecular weight excluding hydrogens is 158 g/mol. The summed E-state index contributed by atoms with van der Waals surface area (Å²) in [6.07, 6.45) is 1.81. The fourth-order valence-corrected chi connectivity index (χ4v) is 0.884. The van der Waals surface area contributed by atoms with Gasteiger partial charge in [-0.25, -0.2) is 0 Å². The van der Waals surface area contributed by atoms with Crippen molar-refractivity contribution in [1.29, 1.82) is 0 Å². The van der Waals surface area contributed by atoms with E-state index in [0.29, 0.717) is 0 Å². The number of rotatable bonds is 3. The molecule has 0 aliphatic rings. The number of hydrogen-bond acceptors (Lipinski definition) is 1. The molecule has 11 heavy (non-hydrogen) atoms. The van der Waals surface area contributed by atoms with Crippen LogP contribution in [0.3, 0.4) is 0 Å². The van der Waals surface area contributed by atoms with E-state index in [1.54, 1.807) is 0 Å². The summed E-state index contributed by atoms with van der Waals surface area (Å²) >= 11 is 5.70. The lowest BCUT2D eigenvalue weighted by atomic mass is 10.3. The van der Waals surface area contributed by atoms with Gasteiger partial charge in [-0.3, -0.25) is 0 Å². The first-order valence-electron chi connectivity index (χ1n) is 3.43. The van der Waals surface area contributed by atoms with Crippen molar-refractivity contribution in [3.05, 3.63) is 41.9 Å². The van der Waals surface area contributed by atoms with Crippen LogP contribution in [0.2, 0.25) is 5.02 Å². The highest BCUT2D eigenvalue weighted by Gasteiger charge is 1.88. The van der Waals surface area contributed by atoms with Gasteiger partial charge in [0.05, 0.1) is 0 Å². The molecule has 1 aromatic carbocycles. The van der Waals surface area contributed by atoms with E-state index in [0.717, 1.165) is 17.3 Å². The topological polar surface area (TPSA) is 12.0 Å². The lowest BCUT2D eigenvalue weighted by Crippen LogP contribution is -1.96. The molecule has 0 aliphatic heterocycles. The molecule has 0 saturated heterocycles. The molecule has 1 rings (SSSR count). The summed E-state index contributed by atoms with van der Waals surface area (Å²) in [6, 6.07) is 7.58. The predicted octanol–water partition coefficient (Wildman–Crippen LogP) is 2.94. The highest BCUT2D eigenvalue weighted by Crippen LogP contribution is 2.12. The minimum atomic E-state index is 0.758. The third-order valence-corrected chi connectivity index (χ3v) is 1.55. The van der Waals surface area contributed by atoms with Crippen molar-refractivity contribution >= 4 is 17.3 Å². The Hall–Kier alpha value is -0.950. The first kappa shape index (κ1) is 8.15. The quantitative estimate of drug-likeness (QED) is 0.683. The van der Waals surface area contributed by atoms with Gasteiger partial charge in [0.15, 0.2) is 0 Å². The molecule has 0 spiro atoms. The SMILES string of the molecule is C=CCNc1ccc(Cl)cc1. The highest BCUT2D eigenvalue weighted by atomic mass is 35.5. The van der Waals surface area contributed by atoms with Crippen molar-refractivity contribution in [1.82, 2.24) is 0 Å². The van der Waals surface area contributed by atoms with Crippen molar-refractivity contribution in [2.45, 2.75) is 0 Å². The second kappa shape index (κ2) is 4.04. The van der Waals surface area contributed by atoms with Gasteiger partial charge in [-0.15, -0.1) is 6.58 Å². The van der Waals surface area contributed by atoms with Gasteiger partial charge < -0.3 is 5.32 Å². The second-order valence-electron chi connectivity index (χ2n) is 2.18. The van der Waals surface area contributed by atoms with Crippen LogP contribution in [-0.2, 0) is 0 Å². The van der Waals surface area contributed by atoms with Crippen LogP contribution in [0.4, 0.5) is 5.69 Å². The Labute approximate surface area is 71.7 Å². The highest BCUT2D eigenvalue weighted by molar-refractivity contribution is 6.30. The molecule has 0 bridgehead atoms. The summed E-state index contributed by atoms with van der Waals surface area (Å²) in [5.74, 6) is 0. The Morgan fingerprint density at radius 1 is 1.36 bits per heavy atom. The molecule has 1 N–H and O–H groups in total. The molecule has 0 unspecified atom stereocenters. The molecule has 0 aliphatic carbocycles. The summed E-state index contributed by atoms with van der Waals surface area (Å²) in [6.45, 7) is 4.38. The lowest BCUT2D eigenvalue weighted by molar-refractivity contribution is 1.34. The van der Waals surface area contributed by atoms with Crippen LogP contribution in [-0.4, -0.2) is 6.54 Å². The van der Waals surface area contributed by atoms with Crippen LogP contribution in [0.5, 0.6) is 0 Å². The zero-order chi connectivity index (χ0) is 8.10. The molecule has 0 aromatic heterocycles. The number of anilines is 1. The second-order valence-corrected chi connectivity index (χ2v) is 2.61. The van der Waals surface area contributed by atoms with Gasteiger partial charge in [0.2, 0.25) is 0 Å². The zero-order valence-corrected chi connectivity index (χ0v) is 6.93. The maximum Gasteiger partial charge on any atom is 0.0407 e. The van der Waals surface area contributed by atoms with Gasteiger partial charge in [0, 0.05) is 17.3 Å². The van der Waals surface area contributed by atoms with Crippen molar-refractivity contribution in [2.24, 2.45) is 0 Å². The first-order valence-corrected chi connectivity index (χ1v) is 3.81. The van der Waals surface area contributed by atoms with Gasteiger partial charge >= 0.3 is 0 Å². The lowest BCUT2D eigenvalue weighted by Gasteiger charge is -2.01. The summed E-state index contributed by atoms with van der Waals surface area (Å²) in [4.78, 5) is 0. The Bertz CT molecular complexity index is 228. The molecule has 0 radical (unpaired) electrons. The standard InChI is InChI=1S/C9H10ClN/c1-2-7-11-9-5-3-8(10)4-6-9/h2-6,11H,1,7H2. The van der Waals surface area contributed by atoms with Crippen LogP contribution < -0.4 is 5.32 Å². The van der Waals surface area contributed by atoms with E-state index in [9.17, 15) is 0 Å². The normalized spacial score (nSPS) is 9.18. The van der Waals surface area contributed by atoms with E-state index in [1.165, 1.54) is 0 Å². The van der Waals surface area contributed by atoms with Gasteiger partial charge in [0.1, 0.15) is 0 Å². The molecule has 0 saturated carbocycles. The molecule has 1 aromatic rings. The fraction of sp³-hybridized carbons (Fsp3) is 0.111. The van der Waals surface area contributed by atoms with Crippen LogP contribution in [0.15, 0.2) is 36.9 Å². The smallest absolute Gasteiger partial charge is 0.0407 e. The molecule has 2 heteroatoms. The van der Waals surface area contributed by atoms with E-state index < -0.39 is 0 Å². The average Bonchev–Trinajstić information content (AvgIpc) is 2.04. The molecule has 0 atom stereocenters. The van der Waals surface area contributed by atoms with E-state index in [2.05, 4.69) is 11.9 Å². The van der Waals surface area contributed by atoms with Crippen molar-refractivity contribution in [2.75, 3.05) is 11.9 Å².